The Kier molecular flexibility index (Phi) is 4.82. The van der Waals surface area contributed by atoms with Crippen molar-refractivity contribution in [2.45, 2.75) is 31.2 Å². The van der Waals surface area contributed by atoms with Crippen molar-refractivity contribution in [2.75, 3.05) is 6.54 Å². The maximum absolute atomic E-state index is 6.24. The third kappa shape index (κ3) is 3.45. The quantitative estimate of drug-likeness (QED) is 0.758. The van der Waals surface area contributed by atoms with Crippen LogP contribution in [-0.2, 0) is 6.42 Å². The normalized spacial score (nSPS) is 21.7. The molecule has 2 aromatic rings. The van der Waals surface area contributed by atoms with Gasteiger partial charge >= 0.3 is 0 Å². The summed E-state index contributed by atoms with van der Waals surface area (Å²) in [6.07, 6.45) is 3.53. The predicted octanol–water partition coefficient (Wildman–Crippen LogP) is 5.24. The summed E-state index contributed by atoms with van der Waals surface area (Å²) in [5.41, 5.74) is 1.31. The average Bonchev–Trinajstić information content (AvgIpc) is 2.79. The van der Waals surface area contributed by atoms with E-state index < -0.39 is 0 Å². The van der Waals surface area contributed by atoms with Crippen LogP contribution >= 0.6 is 38.9 Å². The Morgan fingerprint density at radius 3 is 2.70 bits per heavy atom. The molecule has 1 aromatic heterocycles. The smallest absolute Gasteiger partial charge is 0.0701 e. The molecule has 0 unspecified atom stereocenters. The second kappa shape index (κ2) is 6.61. The molecule has 1 saturated carbocycles. The highest BCUT2D eigenvalue weighted by Crippen LogP contribution is 2.39. The number of thiophene rings is 1. The van der Waals surface area contributed by atoms with Crippen LogP contribution in [0.4, 0.5) is 0 Å². The maximum Gasteiger partial charge on any atom is 0.0701 e. The van der Waals surface area contributed by atoms with Crippen LogP contribution in [0, 0.1) is 0 Å². The van der Waals surface area contributed by atoms with Gasteiger partial charge in [0.05, 0.1) is 3.79 Å². The lowest BCUT2D eigenvalue weighted by Gasteiger charge is -2.36. The molecule has 0 spiro atoms. The van der Waals surface area contributed by atoms with Gasteiger partial charge in [-0.15, -0.1) is 11.3 Å². The summed E-state index contributed by atoms with van der Waals surface area (Å²) in [5.74, 6) is 0.636. The second-order valence-corrected chi connectivity index (χ2v) is 8.25. The van der Waals surface area contributed by atoms with E-state index in [1.807, 2.05) is 23.5 Å². The molecule has 1 aliphatic rings. The third-order valence-corrected chi connectivity index (χ3v) is 5.94. The van der Waals surface area contributed by atoms with E-state index in [1.54, 1.807) is 0 Å². The SMILES string of the molecule is Clc1ccccc1C1CC(NCCc2ccc(Br)s2)C1. The number of hydrogen-bond acceptors (Lipinski definition) is 2. The zero-order valence-electron chi connectivity index (χ0n) is 11.1. The molecule has 0 radical (unpaired) electrons. The lowest BCUT2D eigenvalue weighted by molar-refractivity contribution is 0.293. The number of halogens is 2. The van der Waals surface area contributed by atoms with E-state index in [1.165, 1.54) is 27.1 Å². The van der Waals surface area contributed by atoms with E-state index in [-0.39, 0.29) is 0 Å². The summed E-state index contributed by atoms with van der Waals surface area (Å²) >= 11 is 11.6. The number of rotatable bonds is 5. The predicted molar refractivity (Wildman–Crippen MR) is 90.9 cm³/mol. The van der Waals surface area contributed by atoms with Crippen molar-refractivity contribution in [3.8, 4) is 0 Å². The summed E-state index contributed by atoms with van der Waals surface area (Å²) in [7, 11) is 0. The summed E-state index contributed by atoms with van der Waals surface area (Å²) in [4.78, 5) is 1.44. The highest BCUT2D eigenvalue weighted by Gasteiger charge is 2.30. The van der Waals surface area contributed by atoms with Crippen LogP contribution in [0.2, 0.25) is 5.02 Å². The number of nitrogens with one attached hydrogen (secondary N) is 1. The van der Waals surface area contributed by atoms with Crippen molar-refractivity contribution in [3.05, 3.63) is 55.6 Å². The molecule has 1 N–H and O–H groups in total. The Morgan fingerprint density at radius 2 is 2.00 bits per heavy atom. The fourth-order valence-electron chi connectivity index (χ4n) is 2.73. The minimum atomic E-state index is 0.636. The molecule has 3 rings (SSSR count). The molecule has 0 saturated heterocycles. The van der Waals surface area contributed by atoms with Gasteiger partial charge in [-0.05, 0) is 64.9 Å². The van der Waals surface area contributed by atoms with Crippen LogP contribution in [0.1, 0.15) is 29.2 Å². The highest BCUT2D eigenvalue weighted by atomic mass is 79.9. The van der Waals surface area contributed by atoms with Gasteiger partial charge in [0.2, 0.25) is 0 Å². The van der Waals surface area contributed by atoms with Crippen LogP contribution in [0.15, 0.2) is 40.2 Å². The van der Waals surface area contributed by atoms with Gasteiger partial charge in [0.15, 0.2) is 0 Å². The van der Waals surface area contributed by atoms with Crippen molar-refractivity contribution >= 4 is 38.9 Å². The van der Waals surface area contributed by atoms with Gasteiger partial charge in [-0.3, -0.25) is 0 Å². The Morgan fingerprint density at radius 1 is 1.20 bits per heavy atom. The fourth-order valence-corrected chi connectivity index (χ4v) is 4.50. The topological polar surface area (TPSA) is 12.0 Å². The number of benzene rings is 1. The first-order valence-corrected chi connectivity index (χ1v) is 8.93. The van der Waals surface area contributed by atoms with E-state index >= 15 is 0 Å². The van der Waals surface area contributed by atoms with Crippen LogP contribution in [0.5, 0.6) is 0 Å². The standard InChI is InChI=1S/C16H17BrClNS/c17-16-6-5-13(20-16)7-8-19-12-9-11(10-12)14-3-1-2-4-15(14)18/h1-6,11-12,19H,7-10H2. The Hall–Kier alpha value is -0.350. The minimum Gasteiger partial charge on any atom is -0.314 e. The Balaban J connectivity index is 1.41. The lowest BCUT2D eigenvalue weighted by Crippen LogP contribution is -2.41. The largest absolute Gasteiger partial charge is 0.314 e. The van der Waals surface area contributed by atoms with Crippen LogP contribution in [0.3, 0.4) is 0 Å². The molecule has 1 nitrogen and oxygen atoms in total. The molecule has 0 atom stereocenters. The number of hydrogen-bond donors (Lipinski definition) is 1. The lowest BCUT2D eigenvalue weighted by atomic mass is 9.76. The highest BCUT2D eigenvalue weighted by molar-refractivity contribution is 9.11. The zero-order valence-corrected chi connectivity index (χ0v) is 14.3. The maximum atomic E-state index is 6.24. The summed E-state index contributed by atoms with van der Waals surface area (Å²) < 4.78 is 1.22. The first-order valence-electron chi connectivity index (χ1n) is 6.94. The van der Waals surface area contributed by atoms with Crippen LogP contribution in [0.25, 0.3) is 0 Å². The van der Waals surface area contributed by atoms with Crippen molar-refractivity contribution in [1.29, 1.82) is 0 Å². The molecule has 4 heteroatoms. The van der Waals surface area contributed by atoms with E-state index in [4.69, 9.17) is 11.6 Å². The fraction of sp³-hybridized carbons (Fsp3) is 0.375. The van der Waals surface area contributed by atoms with E-state index in [0.29, 0.717) is 12.0 Å². The third-order valence-electron chi connectivity index (χ3n) is 3.92. The summed E-state index contributed by atoms with van der Waals surface area (Å²) in [6.45, 7) is 1.06. The van der Waals surface area contributed by atoms with Crippen molar-refractivity contribution in [3.63, 3.8) is 0 Å². The van der Waals surface area contributed by atoms with Gasteiger partial charge in [0.1, 0.15) is 0 Å². The molecule has 20 heavy (non-hydrogen) atoms. The molecular formula is C16H17BrClNS. The zero-order chi connectivity index (χ0) is 13.9. The monoisotopic (exact) mass is 369 g/mol. The van der Waals surface area contributed by atoms with Crippen molar-refractivity contribution in [2.24, 2.45) is 0 Å². The first-order chi connectivity index (χ1) is 9.72. The van der Waals surface area contributed by atoms with Crippen LogP contribution < -0.4 is 5.32 Å². The Labute approximate surface area is 137 Å². The average molecular weight is 371 g/mol. The molecule has 1 fully saturated rings. The van der Waals surface area contributed by atoms with Gasteiger partial charge in [-0.2, -0.15) is 0 Å². The van der Waals surface area contributed by atoms with Crippen molar-refractivity contribution in [1.82, 2.24) is 5.32 Å². The molecule has 0 bridgehead atoms. The molecule has 0 aliphatic heterocycles. The van der Waals surface area contributed by atoms with E-state index in [0.717, 1.165) is 18.0 Å². The molecule has 1 aliphatic carbocycles. The van der Waals surface area contributed by atoms with Crippen molar-refractivity contribution < 1.29 is 0 Å². The van der Waals surface area contributed by atoms with Crippen LogP contribution in [-0.4, -0.2) is 12.6 Å². The molecular weight excluding hydrogens is 354 g/mol. The minimum absolute atomic E-state index is 0.636. The molecule has 0 amide bonds. The summed E-state index contributed by atoms with van der Waals surface area (Å²) in [5, 5.41) is 4.56. The van der Waals surface area contributed by atoms with E-state index in [9.17, 15) is 0 Å². The second-order valence-electron chi connectivity index (χ2n) is 5.30. The summed E-state index contributed by atoms with van der Waals surface area (Å²) in [6, 6.07) is 13.2. The van der Waals surface area contributed by atoms with Gasteiger partial charge in [-0.1, -0.05) is 29.8 Å². The van der Waals surface area contributed by atoms with Gasteiger partial charge in [0.25, 0.3) is 0 Å². The van der Waals surface area contributed by atoms with E-state index in [2.05, 4.69) is 45.5 Å². The molecule has 106 valence electrons. The molecule has 1 heterocycles. The van der Waals surface area contributed by atoms with Gasteiger partial charge < -0.3 is 5.32 Å². The first kappa shape index (κ1) is 14.6. The Bertz CT molecular complexity index is 577. The van der Waals surface area contributed by atoms with Gasteiger partial charge in [0, 0.05) is 22.5 Å². The molecule has 1 aromatic carbocycles. The van der Waals surface area contributed by atoms with Gasteiger partial charge in [-0.25, -0.2) is 0 Å².